The molecule has 0 aliphatic carbocycles. The van der Waals surface area contributed by atoms with Crippen molar-refractivity contribution in [1.82, 2.24) is 4.90 Å². The van der Waals surface area contributed by atoms with Crippen LogP contribution in [-0.4, -0.2) is 38.8 Å². The number of nitrogens with zero attached hydrogens (tertiary/aromatic N) is 1. The lowest BCUT2D eigenvalue weighted by Gasteiger charge is -2.38. The van der Waals surface area contributed by atoms with Gasteiger partial charge in [-0.1, -0.05) is 75.4 Å². The van der Waals surface area contributed by atoms with Crippen LogP contribution in [0.5, 0.6) is 0 Å². The number of benzene rings is 2. The summed E-state index contributed by atoms with van der Waals surface area (Å²) in [7, 11) is 0. The van der Waals surface area contributed by atoms with Crippen molar-refractivity contribution in [2.45, 2.75) is 64.8 Å². The van der Waals surface area contributed by atoms with Gasteiger partial charge < -0.3 is 10.0 Å². The Morgan fingerprint density at radius 1 is 1.09 bits per heavy atom. The number of amides is 1. The van der Waals surface area contributed by atoms with Gasteiger partial charge in [0.2, 0.25) is 5.78 Å². The summed E-state index contributed by atoms with van der Waals surface area (Å²) < 4.78 is 0. The van der Waals surface area contributed by atoms with Gasteiger partial charge in [-0.25, -0.2) is 0 Å². The Hall–Kier alpha value is -2.53. The number of rotatable bonds is 9. The van der Waals surface area contributed by atoms with E-state index in [0.717, 1.165) is 19.3 Å². The van der Waals surface area contributed by atoms with E-state index in [9.17, 15) is 14.7 Å². The number of ketones is 1. The molecule has 2 aromatic rings. The van der Waals surface area contributed by atoms with E-state index in [-0.39, 0.29) is 5.05 Å². The van der Waals surface area contributed by atoms with Crippen LogP contribution in [0.15, 0.2) is 54.6 Å². The summed E-state index contributed by atoms with van der Waals surface area (Å²) >= 11 is 5.25. The highest BCUT2D eigenvalue weighted by molar-refractivity contribution is 7.80. The Kier molecular flexibility index (Phi) is 7.50. The van der Waals surface area contributed by atoms with Gasteiger partial charge in [0.25, 0.3) is 5.91 Å². The Morgan fingerprint density at radius 2 is 1.75 bits per heavy atom. The molecule has 3 rings (SSSR count). The first-order chi connectivity index (χ1) is 15.2. The highest BCUT2D eigenvalue weighted by Gasteiger charge is 2.49. The van der Waals surface area contributed by atoms with E-state index in [2.05, 4.69) is 24.3 Å². The van der Waals surface area contributed by atoms with Crippen LogP contribution in [0, 0.1) is 5.41 Å². The van der Waals surface area contributed by atoms with Gasteiger partial charge in [-0.05, 0) is 67.4 Å². The van der Waals surface area contributed by atoms with E-state index in [1.165, 1.54) is 16.7 Å². The fourth-order valence-electron chi connectivity index (χ4n) is 4.55. The van der Waals surface area contributed by atoms with E-state index in [0.29, 0.717) is 25.8 Å². The topological polar surface area (TPSA) is 57.6 Å². The summed E-state index contributed by atoms with van der Waals surface area (Å²) in [4.78, 5) is 27.6. The van der Waals surface area contributed by atoms with Gasteiger partial charge in [-0.2, -0.15) is 0 Å². The average Bonchev–Trinajstić information content (AvgIpc) is 3.24. The van der Waals surface area contributed by atoms with Crippen LogP contribution in [0.1, 0.15) is 58.4 Å². The molecule has 0 bridgehead atoms. The molecule has 4 nitrogen and oxygen atoms in total. The van der Waals surface area contributed by atoms with Crippen molar-refractivity contribution in [3.63, 3.8) is 0 Å². The van der Waals surface area contributed by atoms with Crippen molar-refractivity contribution in [3.8, 4) is 11.1 Å². The molecule has 1 fully saturated rings. The Balaban J connectivity index is 1.79. The third-order valence-corrected chi connectivity index (χ3v) is 7.34. The number of hydrogen-bond acceptors (Lipinski definition) is 3. The number of aryl methyl sites for hydroxylation is 1. The number of carbonyl (C=O) groups is 2. The van der Waals surface area contributed by atoms with Crippen molar-refractivity contribution in [2.75, 3.05) is 6.54 Å². The fourth-order valence-corrected chi connectivity index (χ4v) is 4.86. The number of carbonyl (C=O) groups excluding carboxylic acids is 2. The van der Waals surface area contributed by atoms with E-state index in [1.807, 2.05) is 37.3 Å². The van der Waals surface area contributed by atoms with E-state index in [4.69, 9.17) is 12.2 Å². The second-order valence-electron chi connectivity index (χ2n) is 9.34. The molecule has 0 aromatic heterocycles. The molecule has 1 heterocycles. The molecule has 1 amide bonds. The summed E-state index contributed by atoms with van der Waals surface area (Å²) in [6.45, 7) is 5.94. The quantitative estimate of drug-likeness (QED) is 0.379. The number of likely N-dealkylation sites (tertiary alicyclic amines) is 1. The van der Waals surface area contributed by atoms with Crippen LogP contribution >= 0.6 is 12.2 Å². The number of Topliss-reactive ketones (excluding diaryl/α,β-unsaturated/α-hetero) is 1. The fraction of sp³-hybridized carbons (Fsp3) is 0.444. The molecule has 0 unspecified atom stereocenters. The van der Waals surface area contributed by atoms with E-state index >= 15 is 0 Å². The van der Waals surface area contributed by atoms with Crippen molar-refractivity contribution < 1.29 is 14.7 Å². The predicted octanol–water partition coefficient (Wildman–Crippen LogP) is 5.93. The molecule has 0 spiro atoms. The number of thiocarbonyl (C=S) groups is 1. The van der Waals surface area contributed by atoms with Crippen LogP contribution in [0.2, 0.25) is 0 Å². The van der Waals surface area contributed by atoms with Gasteiger partial charge in [0.15, 0.2) is 5.05 Å². The minimum atomic E-state index is -0.937. The number of hydrogen-bond donors (Lipinski definition) is 1. The van der Waals surface area contributed by atoms with Gasteiger partial charge in [-0.3, -0.25) is 9.59 Å². The van der Waals surface area contributed by atoms with E-state index in [1.54, 1.807) is 18.7 Å². The molecule has 32 heavy (non-hydrogen) atoms. The summed E-state index contributed by atoms with van der Waals surface area (Å²) in [5.74, 6) is -0.924. The van der Waals surface area contributed by atoms with Gasteiger partial charge in [0.1, 0.15) is 5.54 Å². The zero-order valence-electron chi connectivity index (χ0n) is 19.3. The molecule has 2 aromatic carbocycles. The summed E-state index contributed by atoms with van der Waals surface area (Å²) in [5.41, 5.74) is 1.91. The molecule has 0 saturated carbocycles. The third-order valence-electron chi connectivity index (χ3n) is 6.96. The molecule has 5 heteroatoms. The zero-order chi connectivity index (χ0) is 23.4. The molecule has 170 valence electrons. The van der Waals surface area contributed by atoms with Crippen LogP contribution in [-0.2, 0) is 16.0 Å². The first-order valence-electron chi connectivity index (χ1n) is 11.5. The second kappa shape index (κ2) is 9.95. The summed E-state index contributed by atoms with van der Waals surface area (Å²) in [6, 6.07) is 18.6. The van der Waals surface area contributed by atoms with Crippen LogP contribution < -0.4 is 0 Å². The van der Waals surface area contributed by atoms with Gasteiger partial charge >= 0.3 is 0 Å². The monoisotopic (exact) mass is 451 g/mol. The van der Waals surface area contributed by atoms with E-state index < -0.39 is 22.6 Å². The maximum atomic E-state index is 13.1. The van der Waals surface area contributed by atoms with Crippen LogP contribution in [0.25, 0.3) is 11.1 Å². The molecular formula is C27H33NO3S. The van der Waals surface area contributed by atoms with Crippen molar-refractivity contribution in [1.29, 1.82) is 0 Å². The highest BCUT2D eigenvalue weighted by atomic mass is 32.1. The molecule has 1 aliphatic heterocycles. The number of aliphatic hydroxyl groups excluding tert-OH is 1. The molecule has 1 aliphatic rings. The lowest BCUT2D eigenvalue weighted by atomic mass is 9.83. The maximum Gasteiger partial charge on any atom is 0.291 e. The molecule has 1 atom stereocenters. The largest absolute Gasteiger partial charge is 0.500 e. The summed E-state index contributed by atoms with van der Waals surface area (Å²) in [6.07, 6.45) is 3.99. The first kappa shape index (κ1) is 24.1. The SMILES string of the molecule is CCC(C)(C)C(=O)C(=O)N1CCC[C@@]1(CCCc1ccccc1-c1ccccc1)C(O)=S. The van der Waals surface area contributed by atoms with Gasteiger partial charge in [0.05, 0.1) is 0 Å². The zero-order valence-corrected chi connectivity index (χ0v) is 20.1. The maximum absolute atomic E-state index is 13.1. The smallest absolute Gasteiger partial charge is 0.291 e. The molecule has 1 saturated heterocycles. The predicted molar refractivity (Wildman–Crippen MR) is 133 cm³/mol. The minimum absolute atomic E-state index is 0.179. The standard InChI is InChI=1S/C27H33NO3S/c1-4-26(2,3)23(29)24(30)28-19-11-18-27(28,25(31)32)17-10-15-21-14-8-9-16-22(21)20-12-6-5-7-13-20/h5-9,12-14,16H,4,10-11,15,17-19H2,1-3H3,(H,31,32)/t27-/m0/s1. The molecule has 0 radical (unpaired) electrons. The lowest BCUT2D eigenvalue weighted by molar-refractivity contribution is -0.151. The van der Waals surface area contributed by atoms with Crippen molar-refractivity contribution in [2.24, 2.45) is 5.41 Å². The van der Waals surface area contributed by atoms with Crippen LogP contribution in [0.4, 0.5) is 0 Å². The molecular weight excluding hydrogens is 418 g/mol. The summed E-state index contributed by atoms with van der Waals surface area (Å²) in [5, 5.41) is 10.3. The number of aliphatic hydroxyl groups is 1. The Bertz CT molecular complexity index is 985. The highest BCUT2D eigenvalue weighted by Crippen LogP contribution is 2.37. The Morgan fingerprint density at radius 3 is 2.41 bits per heavy atom. The van der Waals surface area contributed by atoms with Crippen molar-refractivity contribution >= 4 is 29.0 Å². The first-order valence-corrected chi connectivity index (χ1v) is 11.9. The second-order valence-corrected chi connectivity index (χ2v) is 9.73. The van der Waals surface area contributed by atoms with Crippen LogP contribution in [0.3, 0.4) is 0 Å². The normalized spacial score (nSPS) is 18.5. The average molecular weight is 452 g/mol. The van der Waals surface area contributed by atoms with Gasteiger partial charge in [-0.15, -0.1) is 0 Å². The minimum Gasteiger partial charge on any atom is -0.500 e. The third kappa shape index (κ3) is 4.78. The van der Waals surface area contributed by atoms with Crippen molar-refractivity contribution in [3.05, 3.63) is 60.2 Å². The van der Waals surface area contributed by atoms with Gasteiger partial charge in [0, 0.05) is 12.0 Å². The Labute approximate surface area is 196 Å². The molecule has 1 N–H and O–H groups in total. The lowest BCUT2D eigenvalue weighted by Crippen LogP contribution is -2.56.